The van der Waals surface area contributed by atoms with E-state index in [1.54, 1.807) is 36.8 Å². The van der Waals surface area contributed by atoms with Gasteiger partial charge in [0, 0.05) is 36.5 Å². The molecule has 0 amide bonds. The Balaban J connectivity index is 1.91. The zero-order valence-electron chi connectivity index (χ0n) is 13.6. The van der Waals surface area contributed by atoms with Crippen LogP contribution in [0.25, 0.3) is 0 Å². The normalized spacial score (nSPS) is 12.0. The van der Waals surface area contributed by atoms with E-state index < -0.39 is 0 Å². The first-order valence-corrected chi connectivity index (χ1v) is 7.94. The molecule has 0 aliphatic heterocycles. The van der Waals surface area contributed by atoms with Crippen LogP contribution < -0.4 is 4.90 Å². The number of nitrogens with zero attached hydrogens (tertiary/aromatic N) is 2. The van der Waals surface area contributed by atoms with E-state index in [4.69, 9.17) is 0 Å². The van der Waals surface area contributed by atoms with Crippen molar-refractivity contribution in [2.24, 2.45) is 0 Å². The number of H-pyrrole nitrogens is 1. The summed E-state index contributed by atoms with van der Waals surface area (Å²) in [4.78, 5) is 9.26. The number of hydrogen-bond acceptors (Lipinski definition) is 4. The van der Waals surface area contributed by atoms with E-state index in [1.165, 1.54) is 0 Å². The molecule has 3 rings (SSSR count). The molecule has 0 saturated heterocycles. The predicted molar refractivity (Wildman–Crippen MR) is 94.2 cm³/mol. The van der Waals surface area contributed by atoms with Crippen LogP contribution in [-0.4, -0.2) is 26.2 Å². The Morgan fingerprint density at radius 2 is 1.75 bits per heavy atom. The van der Waals surface area contributed by atoms with Crippen molar-refractivity contribution in [2.45, 2.75) is 25.9 Å². The van der Waals surface area contributed by atoms with Crippen LogP contribution in [0.5, 0.6) is 11.5 Å². The highest BCUT2D eigenvalue weighted by molar-refractivity contribution is 5.59. The van der Waals surface area contributed by atoms with Gasteiger partial charge in [0.05, 0.1) is 12.0 Å². The van der Waals surface area contributed by atoms with Crippen molar-refractivity contribution in [3.8, 4) is 11.5 Å². The maximum atomic E-state index is 10.3. The first-order chi connectivity index (χ1) is 11.6. The second-order valence-electron chi connectivity index (χ2n) is 5.88. The van der Waals surface area contributed by atoms with E-state index >= 15 is 0 Å². The predicted octanol–water partition coefficient (Wildman–Crippen LogP) is 3.46. The molecule has 1 aromatic heterocycles. The maximum Gasteiger partial charge on any atom is 0.138 e. The molecule has 3 N–H and O–H groups in total. The number of phenolic OH excluding ortho intramolecular Hbond substituents is 2. The highest BCUT2D eigenvalue weighted by Crippen LogP contribution is 2.31. The summed E-state index contributed by atoms with van der Waals surface area (Å²) >= 11 is 0. The molecule has 5 nitrogen and oxygen atoms in total. The molecule has 0 saturated carbocycles. The number of imidazole rings is 1. The minimum Gasteiger partial charge on any atom is -0.508 e. The molecule has 1 heterocycles. The second kappa shape index (κ2) is 7.08. The van der Waals surface area contributed by atoms with Crippen molar-refractivity contribution in [1.29, 1.82) is 0 Å². The monoisotopic (exact) mass is 323 g/mol. The van der Waals surface area contributed by atoms with Gasteiger partial charge in [-0.05, 0) is 25.1 Å². The fourth-order valence-corrected chi connectivity index (χ4v) is 2.84. The molecule has 5 heteroatoms. The molecule has 0 spiro atoms. The van der Waals surface area contributed by atoms with Gasteiger partial charge < -0.3 is 20.1 Å². The van der Waals surface area contributed by atoms with Crippen molar-refractivity contribution < 1.29 is 10.2 Å². The molecule has 124 valence electrons. The lowest BCUT2D eigenvalue weighted by Gasteiger charge is -2.32. The molecule has 0 unspecified atom stereocenters. The van der Waals surface area contributed by atoms with Crippen LogP contribution in [0.1, 0.15) is 18.2 Å². The summed E-state index contributed by atoms with van der Waals surface area (Å²) < 4.78 is 0. The summed E-state index contributed by atoms with van der Waals surface area (Å²) in [6, 6.07) is 14.6. The maximum absolute atomic E-state index is 10.3. The number of para-hydroxylation sites is 3. The van der Waals surface area contributed by atoms with E-state index in [0.29, 0.717) is 6.54 Å². The van der Waals surface area contributed by atoms with Gasteiger partial charge in [0.25, 0.3) is 0 Å². The lowest BCUT2D eigenvalue weighted by molar-refractivity contribution is 0.459. The van der Waals surface area contributed by atoms with Crippen molar-refractivity contribution in [3.63, 3.8) is 0 Å². The van der Waals surface area contributed by atoms with Crippen LogP contribution in [0.3, 0.4) is 0 Å². The van der Waals surface area contributed by atoms with Crippen LogP contribution in [0, 0.1) is 0 Å². The first-order valence-electron chi connectivity index (χ1n) is 7.94. The summed E-state index contributed by atoms with van der Waals surface area (Å²) in [5.41, 5.74) is 2.59. The summed E-state index contributed by atoms with van der Waals surface area (Å²) in [6.45, 7) is 2.59. The van der Waals surface area contributed by atoms with Gasteiger partial charge >= 0.3 is 0 Å². The zero-order valence-corrected chi connectivity index (χ0v) is 13.6. The number of rotatable bonds is 6. The molecular formula is C19H21N3O2. The molecule has 2 aromatic carbocycles. The van der Waals surface area contributed by atoms with Crippen molar-refractivity contribution in [1.82, 2.24) is 9.97 Å². The quantitative estimate of drug-likeness (QED) is 0.649. The molecular weight excluding hydrogens is 302 g/mol. The van der Waals surface area contributed by atoms with Gasteiger partial charge in [0.2, 0.25) is 0 Å². The average molecular weight is 323 g/mol. The Morgan fingerprint density at radius 3 is 2.42 bits per heavy atom. The number of hydrogen-bond donors (Lipinski definition) is 3. The zero-order chi connectivity index (χ0) is 16.9. The molecule has 0 bridgehead atoms. The minimum atomic E-state index is 0.0957. The summed E-state index contributed by atoms with van der Waals surface area (Å²) in [5.74, 6) is 0.482. The second-order valence-corrected chi connectivity index (χ2v) is 5.88. The molecule has 24 heavy (non-hydrogen) atoms. The van der Waals surface area contributed by atoms with Crippen molar-refractivity contribution in [2.75, 3.05) is 4.90 Å². The summed E-state index contributed by atoms with van der Waals surface area (Å²) in [6.07, 6.45) is 4.22. The van der Waals surface area contributed by atoms with Crippen LogP contribution in [0.4, 0.5) is 5.69 Å². The van der Waals surface area contributed by atoms with Gasteiger partial charge in [-0.2, -0.15) is 0 Å². The topological polar surface area (TPSA) is 72.4 Å². The number of aromatic hydroxyl groups is 2. The number of nitrogens with one attached hydrogen (secondary N) is 1. The van der Waals surface area contributed by atoms with Gasteiger partial charge in [-0.25, -0.2) is 4.98 Å². The van der Waals surface area contributed by atoms with E-state index in [0.717, 1.165) is 23.4 Å². The third-order valence-corrected chi connectivity index (χ3v) is 4.13. The van der Waals surface area contributed by atoms with E-state index in [9.17, 15) is 10.2 Å². The van der Waals surface area contributed by atoms with Crippen molar-refractivity contribution in [3.05, 3.63) is 72.3 Å². The number of phenols is 2. The van der Waals surface area contributed by atoms with Gasteiger partial charge in [0.1, 0.15) is 11.5 Å². The number of benzene rings is 2. The highest BCUT2D eigenvalue weighted by atomic mass is 16.3. The molecule has 0 radical (unpaired) electrons. The number of aromatic amines is 1. The standard InChI is InChI=1S/C19H21N3O2/c1-14(10-16-11-20-13-21-16)22(17-7-3-5-9-19(17)24)12-15-6-2-4-8-18(15)23/h2-9,11,13-14,23-24H,10,12H2,1H3,(H,20,21)/t14-/m1/s1. The molecule has 3 aromatic rings. The fraction of sp³-hybridized carbons (Fsp3) is 0.211. The Labute approximate surface area is 141 Å². The Hall–Kier alpha value is -2.95. The largest absolute Gasteiger partial charge is 0.508 e. The molecule has 0 fully saturated rings. The van der Waals surface area contributed by atoms with Crippen molar-refractivity contribution >= 4 is 5.69 Å². The van der Waals surface area contributed by atoms with Crippen LogP contribution >= 0.6 is 0 Å². The third kappa shape index (κ3) is 3.51. The lowest BCUT2D eigenvalue weighted by Crippen LogP contribution is -2.34. The van der Waals surface area contributed by atoms with Crippen LogP contribution in [-0.2, 0) is 13.0 Å². The molecule has 0 aliphatic rings. The van der Waals surface area contributed by atoms with Crippen LogP contribution in [0.2, 0.25) is 0 Å². The highest BCUT2D eigenvalue weighted by Gasteiger charge is 2.20. The Bertz CT molecular complexity index is 787. The third-order valence-electron chi connectivity index (χ3n) is 4.13. The van der Waals surface area contributed by atoms with E-state index in [2.05, 4.69) is 21.8 Å². The minimum absolute atomic E-state index is 0.0957. The molecule has 1 atom stereocenters. The SMILES string of the molecule is C[C@H](Cc1cnc[nH]1)N(Cc1ccccc1O)c1ccccc1O. The lowest BCUT2D eigenvalue weighted by atomic mass is 10.1. The smallest absolute Gasteiger partial charge is 0.138 e. The number of aromatic nitrogens is 2. The Kier molecular flexibility index (Phi) is 4.70. The Morgan fingerprint density at radius 1 is 1.04 bits per heavy atom. The number of anilines is 1. The van der Waals surface area contributed by atoms with Gasteiger partial charge in [0.15, 0.2) is 0 Å². The average Bonchev–Trinajstić information content (AvgIpc) is 3.08. The molecule has 0 aliphatic carbocycles. The summed E-state index contributed by atoms with van der Waals surface area (Å²) in [7, 11) is 0. The summed E-state index contributed by atoms with van der Waals surface area (Å²) in [5, 5.41) is 20.4. The first kappa shape index (κ1) is 15.9. The van der Waals surface area contributed by atoms with Crippen LogP contribution in [0.15, 0.2) is 61.1 Å². The van der Waals surface area contributed by atoms with Gasteiger partial charge in [-0.3, -0.25) is 0 Å². The van der Waals surface area contributed by atoms with Gasteiger partial charge in [-0.15, -0.1) is 0 Å². The fourth-order valence-electron chi connectivity index (χ4n) is 2.84. The van der Waals surface area contributed by atoms with E-state index in [1.807, 2.05) is 24.3 Å². The van der Waals surface area contributed by atoms with E-state index in [-0.39, 0.29) is 17.5 Å². The van der Waals surface area contributed by atoms with Gasteiger partial charge in [-0.1, -0.05) is 30.3 Å².